The van der Waals surface area contributed by atoms with Gasteiger partial charge in [0.1, 0.15) is 5.57 Å². The van der Waals surface area contributed by atoms with Crippen molar-refractivity contribution in [1.29, 1.82) is 0 Å². The molecule has 2 aliphatic rings. The Kier molecular flexibility index (Phi) is 4.65. The molecule has 1 aromatic carbocycles. The van der Waals surface area contributed by atoms with Crippen LogP contribution < -0.4 is 5.32 Å². The van der Waals surface area contributed by atoms with Crippen LogP contribution in [0, 0.1) is 0 Å². The Bertz CT molecular complexity index is 770. The fourth-order valence-electron chi connectivity index (χ4n) is 3.04. The summed E-state index contributed by atoms with van der Waals surface area (Å²) < 4.78 is 10.2. The largest absolute Gasteiger partial charge is 0.462 e. The van der Waals surface area contributed by atoms with Gasteiger partial charge in [-0.2, -0.15) is 5.11 Å². The van der Waals surface area contributed by atoms with Crippen LogP contribution in [-0.4, -0.2) is 30.7 Å². The van der Waals surface area contributed by atoms with Gasteiger partial charge in [-0.05, 0) is 31.7 Å². The number of carbonyl (C=O) groups is 2. The zero-order chi connectivity index (χ0) is 17.9. The van der Waals surface area contributed by atoms with Gasteiger partial charge in [0, 0.05) is 0 Å². The second kappa shape index (κ2) is 6.88. The molecule has 7 heteroatoms. The molecular weight excluding hydrogens is 322 g/mol. The van der Waals surface area contributed by atoms with Crippen LogP contribution in [-0.2, 0) is 19.1 Å². The number of benzene rings is 1. The number of nitrogens with one attached hydrogen (secondary N) is 1. The Balaban J connectivity index is 2.10. The maximum absolute atomic E-state index is 12.6. The SMILES string of the molecule is CCOC(=O)C1=C(C(=O)OCC)C2(C=CNC2c2ccccc2)N=N1. The number of hydrogen-bond donors (Lipinski definition) is 1. The molecule has 2 aliphatic heterocycles. The first-order valence-electron chi connectivity index (χ1n) is 8.14. The number of nitrogens with zero attached hydrogens (tertiary/aromatic N) is 2. The standard InChI is InChI=1S/C18H19N3O4/c1-3-24-16(22)13-14(17(23)25-4-2)20-21-18(13)10-11-19-15(18)12-8-6-5-7-9-12/h5-11,15,19H,3-4H2,1-2H3. The molecule has 0 amide bonds. The number of rotatable bonds is 5. The lowest BCUT2D eigenvalue weighted by atomic mass is 9.81. The summed E-state index contributed by atoms with van der Waals surface area (Å²) in [4.78, 5) is 24.9. The van der Waals surface area contributed by atoms with Gasteiger partial charge in [0.25, 0.3) is 0 Å². The Morgan fingerprint density at radius 3 is 2.48 bits per heavy atom. The van der Waals surface area contributed by atoms with Crippen LogP contribution in [0.15, 0.2) is 64.1 Å². The Hall–Kier alpha value is -2.96. The molecule has 2 heterocycles. The van der Waals surface area contributed by atoms with E-state index in [1.54, 1.807) is 26.1 Å². The Morgan fingerprint density at radius 2 is 1.80 bits per heavy atom. The molecule has 25 heavy (non-hydrogen) atoms. The molecule has 0 saturated carbocycles. The number of hydrogen-bond acceptors (Lipinski definition) is 7. The highest BCUT2D eigenvalue weighted by Crippen LogP contribution is 2.46. The lowest BCUT2D eigenvalue weighted by Crippen LogP contribution is -2.39. The third-order valence-electron chi connectivity index (χ3n) is 4.07. The second-order valence-corrected chi connectivity index (χ2v) is 5.53. The number of esters is 2. The third-order valence-corrected chi connectivity index (χ3v) is 4.07. The lowest BCUT2D eigenvalue weighted by Gasteiger charge is -2.28. The Labute approximate surface area is 145 Å². The summed E-state index contributed by atoms with van der Waals surface area (Å²) in [7, 11) is 0. The molecule has 130 valence electrons. The molecule has 0 aromatic heterocycles. The van der Waals surface area contributed by atoms with Crippen molar-refractivity contribution in [3.8, 4) is 0 Å². The maximum Gasteiger partial charge on any atom is 0.359 e. The fraction of sp³-hybridized carbons (Fsp3) is 0.333. The molecule has 3 rings (SSSR count). The van der Waals surface area contributed by atoms with Crippen molar-refractivity contribution in [2.45, 2.75) is 25.4 Å². The molecule has 0 fully saturated rings. The fourth-order valence-corrected chi connectivity index (χ4v) is 3.04. The monoisotopic (exact) mass is 341 g/mol. The van der Waals surface area contributed by atoms with E-state index in [0.29, 0.717) is 0 Å². The molecule has 1 N–H and O–H groups in total. The first kappa shape index (κ1) is 16.9. The van der Waals surface area contributed by atoms with Crippen LogP contribution in [0.3, 0.4) is 0 Å². The number of azo groups is 1. The first-order valence-corrected chi connectivity index (χ1v) is 8.14. The molecule has 0 radical (unpaired) electrons. The second-order valence-electron chi connectivity index (χ2n) is 5.53. The van der Waals surface area contributed by atoms with E-state index in [4.69, 9.17) is 9.47 Å². The van der Waals surface area contributed by atoms with Crippen LogP contribution in [0.4, 0.5) is 0 Å². The van der Waals surface area contributed by atoms with E-state index in [1.165, 1.54) is 0 Å². The van der Waals surface area contributed by atoms with Crippen molar-refractivity contribution >= 4 is 11.9 Å². The molecule has 7 nitrogen and oxygen atoms in total. The van der Waals surface area contributed by atoms with Crippen molar-refractivity contribution in [2.24, 2.45) is 10.2 Å². The van der Waals surface area contributed by atoms with Crippen molar-refractivity contribution in [2.75, 3.05) is 13.2 Å². The Morgan fingerprint density at radius 1 is 1.12 bits per heavy atom. The predicted molar refractivity (Wildman–Crippen MR) is 89.3 cm³/mol. The summed E-state index contributed by atoms with van der Waals surface area (Å²) in [5.74, 6) is -1.30. The van der Waals surface area contributed by atoms with Crippen LogP contribution in [0.25, 0.3) is 0 Å². The third kappa shape index (κ3) is 2.82. The van der Waals surface area contributed by atoms with Crippen LogP contribution in [0.5, 0.6) is 0 Å². The molecule has 1 spiro atoms. The molecule has 0 bridgehead atoms. The van der Waals surface area contributed by atoms with Gasteiger partial charge in [-0.15, -0.1) is 5.11 Å². The highest BCUT2D eigenvalue weighted by molar-refractivity contribution is 6.03. The van der Waals surface area contributed by atoms with Gasteiger partial charge in [-0.1, -0.05) is 30.3 Å². The summed E-state index contributed by atoms with van der Waals surface area (Å²) in [6.07, 6.45) is 3.44. The molecule has 2 unspecified atom stereocenters. The van der Waals surface area contributed by atoms with E-state index in [-0.39, 0.29) is 30.5 Å². The zero-order valence-corrected chi connectivity index (χ0v) is 14.1. The number of carbonyl (C=O) groups excluding carboxylic acids is 2. The topological polar surface area (TPSA) is 89.4 Å². The van der Waals surface area contributed by atoms with Crippen molar-refractivity contribution in [3.63, 3.8) is 0 Å². The minimum atomic E-state index is -1.13. The minimum Gasteiger partial charge on any atom is -0.462 e. The van der Waals surface area contributed by atoms with E-state index in [0.717, 1.165) is 5.56 Å². The molecule has 0 aliphatic carbocycles. The van der Waals surface area contributed by atoms with E-state index < -0.39 is 17.5 Å². The van der Waals surface area contributed by atoms with E-state index in [1.807, 2.05) is 30.3 Å². The smallest absolute Gasteiger partial charge is 0.359 e. The van der Waals surface area contributed by atoms with Gasteiger partial charge in [-0.3, -0.25) is 0 Å². The predicted octanol–water partition coefficient (Wildman–Crippen LogP) is 2.43. The van der Waals surface area contributed by atoms with Gasteiger partial charge < -0.3 is 14.8 Å². The highest BCUT2D eigenvalue weighted by atomic mass is 16.5. The van der Waals surface area contributed by atoms with Gasteiger partial charge in [-0.25, -0.2) is 9.59 Å². The van der Waals surface area contributed by atoms with E-state index in [9.17, 15) is 9.59 Å². The average Bonchev–Trinajstić information content (AvgIpc) is 3.21. The normalized spacial score (nSPS) is 23.8. The van der Waals surface area contributed by atoms with Crippen LogP contribution in [0.1, 0.15) is 25.5 Å². The van der Waals surface area contributed by atoms with Gasteiger partial charge in [0.05, 0.1) is 19.3 Å². The maximum atomic E-state index is 12.6. The van der Waals surface area contributed by atoms with Crippen LogP contribution in [0.2, 0.25) is 0 Å². The highest BCUT2D eigenvalue weighted by Gasteiger charge is 2.53. The quantitative estimate of drug-likeness (QED) is 0.831. The van der Waals surface area contributed by atoms with Crippen molar-refractivity contribution in [3.05, 3.63) is 59.4 Å². The summed E-state index contributed by atoms with van der Waals surface area (Å²) >= 11 is 0. The molecule has 2 atom stereocenters. The van der Waals surface area contributed by atoms with Gasteiger partial charge in [0.2, 0.25) is 0 Å². The molecule has 1 aromatic rings. The summed E-state index contributed by atoms with van der Waals surface area (Å²) in [5.41, 5.74) is -0.216. The van der Waals surface area contributed by atoms with Crippen molar-refractivity contribution in [1.82, 2.24) is 5.32 Å². The summed E-state index contributed by atoms with van der Waals surface area (Å²) in [6.45, 7) is 3.75. The van der Waals surface area contributed by atoms with Crippen LogP contribution >= 0.6 is 0 Å². The zero-order valence-electron chi connectivity index (χ0n) is 14.1. The molecule has 0 saturated heterocycles. The molecular formula is C18H19N3O4. The summed E-state index contributed by atoms with van der Waals surface area (Å²) in [5, 5.41) is 11.5. The summed E-state index contributed by atoms with van der Waals surface area (Å²) in [6, 6.07) is 9.18. The van der Waals surface area contributed by atoms with Crippen molar-refractivity contribution < 1.29 is 19.1 Å². The van der Waals surface area contributed by atoms with Gasteiger partial charge in [0.15, 0.2) is 11.2 Å². The number of ether oxygens (including phenoxy) is 2. The minimum absolute atomic E-state index is 0.0999. The lowest BCUT2D eigenvalue weighted by molar-refractivity contribution is -0.142. The van der Waals surface area contributed by atoms with E-state index in [2.05, 4.69) is 15.5 Å². The average molecular weight is 341 g/mol. The van der Waals surface area contributed by atoms with Gasteiger partial charge >= 0.3 is 11.9 Å². The first-order chi connectivity index (χ1) is 12.1. The van der Waals surface area contributed by atoms with E-state index >= 15 is 0 Å².